The van der Waals surface area contributed by atoms with Gasteiger partial charge in [-0.25, -0.2) is 0 Å². The van der Waals surface area contributed by atoms with Crippen molar-refractivity contribution in [2.45, 2.75) is 0 Å². The number of hydrogen-bond acceptors (Lipinski definition) is 1. The zero-order valence-electron chi connectivity index (χ0n) is 24.1. The number of hydrogen-bond donors (Lipinski definition) is 0. The van der Waals surface area contributed by atoms with Crippen molar-refractivity contribution in [1.29, 1.82) is 0 Å². The van der Waals surface area contributed by atoms with Gasteiger partial charge in [-0.15, -0.1) is 0 Å². The largest absolute Gasteiger partial charge is 0.456 e. The Morgan fingerprint density at radius 3 is 1.32 bits per heavy atom. The first-order valence-electron chi connectivity index (χ1n) is 14.9. The summed E-state index contributed by atoms with van der Waals surface area (Å²) < 4.78 is 24.2. The van der Waals surface area contributed by atoms with E-state index in [9.17, 15) is 0 Å². The van der Waals surface area contributed by atoms with Crippen LogP contribution < -0.4 is 0 Å². The van der Waals surface area contributed by atoms with Crippen molar-refractivity contribution in [2.24, 2.45) is 0 Å². The van der Waals surface area contributed by atoms with Crippen LogP contribution in [0.1, 0.15) is 2.74 Å². The van der Waals surface area contributed by atoms with Gasteiger partial charge in [-0.1, -0.05) is 109 Å². The number of rotatable bonds is 2. The highest BCUT2D eigenvalue weighted by Gasteiger charge is 2.15. The SMILES string of the molecule is [2H]c1c2ccccc2c(-c2ccc3c(c2)oc2ccc(-c4c5ccccc5c([2H])c5ccccc45)cc23)c2ccccc12. The molecule has 0 N–H and O–H groups in total. The summed E-state index contributed by atoms with van der Waals surface area (Å²) in [6.45, 7) is 0. The van der Waals surface area contributed by atoms with Crippen LogP contribution >= 0.6 is 0 Å². The van der Waals surface area contributed by atoms with E-state index in [1.54, 1.807) is 0 Å². The molecule has 0 saturated heterocycles. The van der Waals surface area contributed by atoms with Crippen molar-refractivity contribution in [3.05, 3.63) is 146 Å². The molecule has 1 nitrogen and oxygen atoms in total. The molecule has 0 amide bonds. The minimum absolute atomic E-state index is 0.561. The van der Waals surface area contributed by atoms with Gasteiger partial charge < -0.3 is 4.42 Å². The number of fused-ring (bicyclic) bond motifs is 7. The van der Waals surface area contributed by atoms with Gasteiger partial charge in [0.15, 0.2) is 0 Å². The van der Waals surface area contributed by atoms with Crippen LogP contribution in [-0.2, 0) is 0 Å². The molecule has 0 spiro atoms. The molecule has 9 rings (SSSR count). The van der Waals surface area contributed by atoms with E-state index in [-0.39, 0.29) is 0 Å². The van der Waals surface area contributed by atoms with E-state index in [0.717, 1.165) is 87.3 Å². The molecule has 0 aliphatic rings. The van der Waals surface area contributed by atoms with Crippen molar-refractivity contribution in [3.8, 4) is 22.3 Å². The monoisotopic (exact) mass is 522 g/mol. The van der Waals surface area contributed by atoms with Gasteiger partial charge in [0.05, 0.1) is 2.74 Å². The molecule has 8 aromatic carbocycles. The summed E-state index contributed by atoms with van der Waals surface area (Å²) in [5.41, 5.74) is 6.13. The second kappa shape index (κ2) is 8.55. The maximum atomic E-state index is 8.88. The Morgan fingerprint density at radius 1 is 0.366 bits per heavy atom. The minimum Gasteiger partial charge on any atom is -0.456 e. The summed E-state index contributed by atoms with van der Waals surface area (Å²) in [6.07, 6.45) is 0. The standard InChI is InChI=1S/C40H24O/c1-5-13-31-25(9-1)21-26-10-2-6-14-32(26)39(31)29-18-20-37-36(23-29)35-19-17-30(24-38(35)41-37)40-33-15-7-3-11-27(33)22-28-12-4-8-16-34(28)40/h1-24H/i21D,22D. The molecular weight excluding hydrogens is 496 g/mol. The summed E-state index contributed by atoms with van der Waals surface area (Å²) in [7, 11) is 0. The van der Waals surface area contributed by atoms with E-state index >= 15 is 0 Å². The lowest BCUT2D eigenvalue weighted by Crippen LogP contribution is -1.86. The second-order valence-corrected chi connectivity index (χ2v) is 10.7. The Bertz CT molecular complexity index is 2480. The molecule has 41 heavy (non-hydrogen) atoms. The molecule has 0 unspecified atom stereocenters. The van der Waals surface area contributed by atoms with Crippen LogP contribution in [0.4, 0.5) is 0 Å². The van der Waals surface area contributed by atoms with Gasteiger partial charge in [-0.2, -0.15) is 0 Å². The maximum Gasteiger partial charge on any atom is 0.136 e. The molecule has 1 heterocycles. The summed E-state index contributed by atoms with van der Waals surface area (Å²) in [5.74, 6) is 0. The molecule has 0 aliphatic heterocycles. The minimum atomic E-state index is 0.561. The Balaban J connectivity index is 1.29. The van der Waals surface area contributed by atoms with Crippen molar-refractivity contribution in [2.75, 3.05) is 0 Å². The number of benzene rings is 8. The van der Waals surface area contributed by atoms with Crippen LogP contribution in [0.25, 0.3) is 87.3 Å². The van der Waals surface area contributed by atoms with E-state index in [0.29, 0.717) is 12.1 Å². The first-order valence-corrected chi connectivity index (χ1v) is 13.9. The quantitative estimate of drug-likeness (QED) is 0.206. The van der Waals surface area contributed by atoms with Gasteiger partial charge in [-0.05, 0) is 102 Å². The van der Waals surface area contributed by atoms with Crippen molar-refractivity contribution >= 4 is 65.0 Å². The van der Waals surface area contributed by atoms with E-state index in [1.807, 2.05) is 72.8 Å². The Labute approximate surface area is 239 Å². The summed E-state index contributed by atoms with van der Waals surface area (Å²) in [5, 5.41) is 10.2. The molecule has 1 aromatic heterocycles. The predicted molar refractivity (Wildman–Crippen MR) is 175 cm³/mol. The fourth-order valence-corrected chi connectivity index (χ4v) is 6.53. The lowest BCUT2D eigenvalue weighted by atomic mass is 9.91. The van der Waals surface area contributed by atoms with E-state index in [2.05, 4.69) is 60.7 Å². The van der Waals surface area contributed by atoms with Crippen LogP contribution in [-0.4, -0.2) is 0 Å². The van der Waals surface area contributed by atoms with Crippen LogP contribution in [0.15, 0.2) is 150 Å². The Morgan fingerprint density at radius 2 is 0.805 bits per heavy atom. The zero-order chi connectivity index (χ0) is 28.7. The van der Waals surface area contributed by atoms with Gasteiger partial charge in [0.25, 0.3) is 0 Å². The molecule has 9 aromatic rings. The fraction of sp³-hybridized carbons (Fsp3) is 0. The van der Waals surface area contributed by atoms with Gasteiger partial charge >= 0.3 is 0 Å². The van der Waals surface area contributed by atoms with E-state index in [1.165, 1.54) is 0 Å². The van der Waals surface area contributed by atoms with Crippen LogP contribution in [0.2, 0.25) is 0 Å². The second-order valence-electron chi connectivity index (χ2n) is 10.7. The first-order chi connectivity index (χ1) is 21.2. The van der Waals surface area contributed by atoms with Gasteiger partial charge in [-0.3, -0.25) is 0 Å². The van der Waals surface area contributed by atoms with Crippen LogP contribution in [0, 0.1) is 0 Å². The lowest BCUT2D eigenvalue weighted by molar-refractivity contribution is 0.669. The highest BCUT2D eigenvalue weighted by atomic mass is 16.3. The molecular formula is C40H24O. The summed E-state index contributed by atoms with van der Waals surface area (Å²) in [6, 6.07) is 46.9. The Kier molecular flexibility index (Phi) is 4.27. The molecule has 1 heteroatoms. The highest BCUT2D eigenvalue weighted by molar-refractivity contribution is 6.16. The molecule has 0 bridgehead atoms. The van der Waals surface area contributed by atoms with Crippen molar-refractivity contribution in [1.82, 2.24) is 0 Å². The Hall–Kier alpha value is -5.40. The van der Waals surface area contributed by atoms with Crippen molar-refractivity contribution < 1.29 is 7.16 Å². The third kappa shape index (κ3) is 3.36. The predicted octanol–water partition coefficient (Wildman–Crippen LogP) is 11.5. The fourth-order valence-electron chi connectivity index (χ4n) is 6.53. The maximum absolute atomic E-state index is 8.88. The van der Waals surface area contributed by atoms with E-state index < -0.39 is 0 Å². The summed E-state index contributed by atoms with van der Waals surface area (Å²) >= 11 is 0. The van der Waals surface area contributed by atoms with Gasteiger partial charge in [0.1, 0.15) is 11.2 Å². The average molecular weight is 523 g/mol. The molecule has 0 atom stereocenters. The van der Waals surface area contributed by atoms with E-state index in [4.69, 9.17) is 7.16 Å². The molecule has 0 aliphatic carbocycles. The van der Waals surface area contributed by atoms with Crippen LogP contribution in [0.5, 0.6) is 0 Å². The van der Waals surface area contributed by atoms with Crippen LogP contribution in [0.3, 0.4) is 0 Å². The lowest BCUT2D eigenvalue weighted by Gasteiger charge is -2.12. The molecule has 0 radical (unpaired) electrons. The van der Waals surface area contributed by atoms with Crippen molar-refractivity contribution in [3.63, 3.8) is 0 Å². The topological polar surface area (TPSA) is 13.1 Å². The average Bonchev–Trinajstić information content (AvgIpc) is 3.42. The molecule has 0 fully saturated rings. The third-order valence-corrected chi connectivity index (χ3v) is 8.37. The summed E-state index contributed by atoms with van der Waals surface area (Å²) in [4.78, 5) is 0. The normalized spacial score (nSPS) is 12.6. The molecule has 190 valence electrons. The third-order valence-electron chi connectivity index (χ3n) is 8.37. The smallest absolute Gasteiger partial charge is 0.136 e. The van der Waals surface area contributed by atoms with Gasteiger partial charge in [0, 0.05) is 10.8 Å². The first kappa shape index (κ1) is 20.5. The zero-order valence-corrected chi connectivity index (χ0v) is 22.1. The van der Waals surface area contributed by atoms with Gasteiger partial charge in [0.2, 0.25) is 0 Å². The highest BCUT2D eigenvalue weighted by Crippen LogP contribution is 2.42. The number of furan rings is 1. The molecule has 0 saturated carbocycles.